The number of oxime groups is 1. The van der Waals surface area contributed by atoms with Gasteiger partial charge < -0.3 is 10.2 Å². The molecule has 1 amide bonds. The van der Waals surface area contributed by atoms with Crippen LogP contribution in [0.25, 0.3) is 11.1 Å². The minimum absolute atomic E-state index is 0.290. The van der Waals surface area contributed by atoms with Crippen molar-refractivity contribution >= 4 is 11.6 Å². The van der Waals surface area contributed by atoms with Crippen LogP contribution < -0.4 is 5.32 Å². The van der Waals surface area contributed by atoms with Crippen LogP contribution in [0.5, 0.6) is 0 Å². The molecule has 1 N–H and O–H groups in total. The van der Waals surface area contributed by atoms with Crippen LogP contribution in [-0.2, 0) is 11.4 Å². The monoisotopic (exact) mass is 467 g/mol. The fraction of sp³-hybridized carbons (Fsp3) is 0.148. The van der Waals surface area contributed by atoms with Crippen LogP contribution in [0, 0.1) is 12.7 Å². The van der Waals surface area contributed by atoms with E-state index in [0.717, 1.165) is 16.8 Å². The lowest BCUT2D eigenvalue weighted by atomic mass is 9.94. The number of pyridine rings is 1. The van der Waals surface area contributed by atoms with E-state index in [1.165, 1.54) is 6.07 Å². The summed E-state index contributed by atoms with van der Waals surface area (Å²) in [6.07, 6.45) is 5.03. The summed E-state index contributed by atoms with van der Waals surface area (Å²) in [7, 11) is 0. The number of carbonyl (C=O) groups excluding carboxylic acids is 1. The van der Waals surface area contributed by atoms with Crippen molar-refractivity contribution < 1.29 is 14.0 Å². The fourth-order valence-corrected chi connectivity index (χ4v) is 3.92. The standard InChI is InChI=1S/C27H22FN5O2/c1-17-5-6-22(23(28)10-17)19-11-20(25-14-26(35-33-25)24-4-2-3-8-29-24)13-21(12-19)27(34)30-15-18-7-9-31-32-16-18/h2-13,16,26H,14-15H2,1H3,(H,30,34). The molecular formula is C27H22FN5O2. The largest absolute Gasteiger partial charge is 0.385 e. The molecule has 3 heterocycles. The Labute approximate surface area is 201 Å². The third kappa shape index (κ3) is 5.06. The smallest absolute Gasteiger partial charge is 0.251 e. The summed E-state index contributed by atoms with van der Waals surface area (Å²) in [5.41, 5.74) is 5.16. The van der Waals surface area contributed by atoms with Crippen molar-refractivity contribution in [3.05, 3.63) is 113 Å². The second-order valence-electron chi connectivity index (χ2n) is 8.31. The zero-order chi connectivity index (χ0) is 24.2. The molecular weight excluding hydrogens is 445 g/mol. The molecule has 1 unspecified atom stereocenters. The Balaban J connectivity index is 1.47. The van der Waals surface area contributed by atoms with E-state index in [4.69, 9.17) is 4.84 Å². The summed E-state index contributed by atoms with van der Waals surface area (Å²) in [6.45, 7) is 2.12. The summed E-state index contributed by atoms with van der Waals surface area (Å²) >= 11 is 0. The Morgan fingerprint density at radius 2 is 1.94 bits per heavy atom. The van der Waals surface area contributed by atoms with Crippen LogP contribution in [0.4, 0.5) is 4.39 Å². The van der Waals surface area contributed by atoms with Gasteiger partial charge in [-0.2, -0.15) is 10.2 Å². The van der Waals surface area contributed by atoms with E-state index in [1.54, 1.807) is 42.9 Å². The Morgan fingerprint density at radius 1 is 1.06 bits per heavy atom. The van der Waals surface area contributed by atoms with Crippen LogP contribution in [0.1, 0.15) is 45.3 Å². The van der Waals surface area contributed by atoms with E-state index in [-0.39, 0.29) is 17.8 Å². The summed E-state index contributed by atoms with van der Waals surface area (Å²) in [4.78, 5) is 23.1. The van der Waals surface area contributed by atoms with E-state index in [0.29, 0.717) is 40.9 Å². The SMILES string of the molecule is Cc1ccc(-c2cc(C(=O)NCc3ccnnc3)cc(C3=NOC(c4ccccn4)C3)c2)c(F)c1. The zero-order valence-corrected chi connectivity index (χ0v) is 19.0. The third-order valence-corrected chi connectivity index (χ3v) is 5.75. The molecule has 0 spiro atoms. The van der Waals surface area contributed by atoms with Gasteiger partial charge in [-0.3, -0.25) is 9.78 Å². The van der Waals surface area contributed by atoms with Crippen molar-refractivity contribution in [2.75, 3.05) is 0 Å². The van der Waals surface area contributed by atoms with Crippen LogP contribution in [0.15, 0.2) is 84.4 Å². The Kier molecular flexibility index (Phi) is 6.26. The van der Waals surface area contributed by atoms with Crippen molar-refractivity contribution in [1.29, 1.82) is 0 Å². The molecule has 35 heavy (non-hydrogen) atoms. The number of amides is 1. The number of carbonyl (C=O) groups is 1. The van der Waals surface area contributed by atoms with Gasteiger partial charge in [-0.1, -0.05) is 23.4 Å². The number of aromatic nitrogens is 3. The molecule has 0 aliphatic carbocycles. The predicted molar refractivity (Wildman–Crippen MR) is 129 cm³/mol. The summed E-state index contributed by atoms with van der Waals surface area (Å²) in [5.74, 6) is -0.648. The highest BCUT2D eigenvalue weighted by Crippen LogP contribution is 2.31. The van der Waals surface area contributed by atoms with Gasteiger partial charge in [0.15, 0.2) is 6.10 Å². The van der Waals surface area contributed by atoms with Crippen molar-refractivity contribution in [2.24, 2.45) is 5.16 Å². The second-order valence-corrected chi connectivity index (χ2v) is 8.31. The highest BCUT2D eigenvalue weighted by Gasteiger charge is 2.26. The highest BCUT2D eigenvalue weighted by atomic mass is 19.1. The number of aryl methyl sites for hydroxylation is 1. The maximum atomic E-state index is 14.9. The Hall–Kier alpha value is -4.46. The average molecular weight is 468 g/mol. The first kappa shape index (κ1) is 22.3. The van der Waals surface area contributed by atoms with Crippen LogP contribution in [0.3, 0.4) is 0 Å². The molecule has 0 saturated carbocycles. The van der Waals surface area contributed by atoms with Gasteiger partial charge in [-0.15, -0.1) is 0 Å². The molecule has 7 nitrogen and oxygen atoms in total. The second kappa shape index (κ2) is 9.80. The number of nitrogens with one attached hydrogen (secondary N) is 1. The first-order valence-corrected chi connectivity index (χ1v) is 11.2. The fourth-order valence-electron chi connectivity index (χ4n) is 3.92. The van der Waals surface area contributed by atoms with Crippen molar-refractivity contribution in [2.45, 2.75) is 26.0 Å². The number of halogens is 1. The zero-order valence-electron chi connectivity index (χ0n) is 19.0. The van der Waals surface area contributed by atoms with E-state index >= 15 is 0 Å². The number of benzene rings is 2. The van der Waals surface area contributed by atoms with Gasteiger partial charge in [0.2, 0.25) is 0 Å². The Bertz CT molecular complexity index is 1390. The third-order valence-electron chi connectivity index (χ3n) is 5.75. The summed E-state index contributed by atoms with van der Waals surface area (Å²) < 4.78 is 14.9. The lowest BCUT2D eigenvalue weighted by molar-refractivity contribution is 0.0826. The normalized spacial score (nSPS) is 14.8. The van der Waals surface area contributed by atoms with Crippen LogP contribution >= 0.6 is 0 Å². The van der Waals surface area contributed by atoms with E-state index in [9.17, 15) is 9.18 Å². The van der Waals surface area contributed by atoms with Crippen LogP contribution in [-0.4, -0.2) is 26.8 Å². The lowest BCUT2D eigenvalue weighted by Gasteiger charge is -2.12. The molecule has 5 rings (SSSR count). The summed E-state index contributed by atoms with van der Waals surface area (Å²) in [6, 6.07) is 17.7. The van der Waals surface area contributed by atoms with Crippen molar-refractivity contribution in [3.63, 3.8) is 0 Å². The minimum atomic E-state index is -0.354. The minimum Gasteiger partial charge on any atom is -0.385 e. The quantitative estimate of drug-likeness (QED) is 0.441. The molecule has 0 fully saturated rings. The Morgan fingerprint density at radius 3 is 2.71 bits per heavy atom. The predicted octanol–water partition coefficient (Wildman–Crippen LogP) is 4.78. The molecule has 0 saturated heterocycles. The molecule has 2 aromatic heterocycles. The van der Waals surface area contributed by atoms with Gasteiger partial charge in [0.05, 0.1) is 17.6 Å². The molecule has 1 aliphatic rings. The first-order chi connectivity index (χ1) is 17.1. The van der Waals surface area contributed by atoms with Gasteiger partial charge in [-0.25, -0.2) is 4.39 Å². The van der Waals surface area contributed by atoms with E-state index in [2.05, 4.69) is 25.7 Å². The molecule has 8 heteroatoms. The maximum Gasteiger partial charge on any atom is 0.251 e. The molecule has 0 radical (unpaired) electrons. The van der Waals surface area contributed by atoms with Crippen molar-refractivity contribution in [1.82, 2.24) is 20.5 Å². The number of rotatable bonds is 6. The first-order valence-electron chi connectivity index (χ1n) is 11.2. The average Bonchev–Trinajstić information content (AvgIpc) is 3.39. The molecule has 4 aromatic rings. The number of nitrogens with zero attached hydrogens (tertiary/aromatic N) is 4. The highest BCUT2D eigenvalue weighted by molar-refractivity contribution is 6.05. The van der Waals surface area contributed by atoms with Gasteiger partial charge in [-0.05, 0) is 66.1 Å². The lowest BCUT2D eigenvalue weighted by Crippen LogP contribution is -2.23. The molecule has 1 atom stereocenters. The van der Waals surface area contributed by atoms with Crippen LogP contribution in [0.2, 0.25) is 0 Å². The maximum absolute atomic E-state index is 14.9. The topological polar surface area (TPSA) is 89.4 Å². The van der Waals surface area contributed by atoms with Gasteiger partial charge in [0, 0.05) is 42.0 Å². The molecule has 2 aromatic carbocycles. The van der Waals surface area contributed by atoms with Crippen molar-refractivity contribution in [3.8, 4) is 11.1 Å². The van der Waals surface area contributed by atoms with Gasteiger partial charge in [0.1, 0.15) is 5.82 Å². The molecule has 1 aliphatic heterocycles. The number of hydrogen-bond donors (Lipinski definition) is 1. The van der Waals surface area contributed by atoms with Gasteiger partial charge in [0.25, 0.3) is 5.91 Å². The summed E-state index contributed by atoms with van der Waals surface area (Å²) in [5, 5.41) is 14.7. The van der Waals surface area contributed by atoms with E-state index < -0.39 is 0 Å². The van der Waals surface area contributed by atoms with E-state index in [1.807, 2.05) is 37.3 Å². The van der Waals surface area contributed by atoms with Gasteiger partial charge >= 0.3 is 0 Å². The molecule has 174 valence electrons. The number of hydrogen-bond acceptors (Lipinski definition) is 6. The molecule has 0 bridgehead atoms.